The first-order valence-electron chi connectivity index (χ1n) is 6.99. The predicted molar refractivity (Wildman–Crippen MR) is 88.1 cm³/mol. The summed E-state index contributed by atoms with van der Waals surface area (Å²) in [6, 6.07) is 5.63. The van der Waals surface area contributed by atoms with E-state index in [0.29, 0.717) is 6.42 Å². The van der Waals surface area contributed by atoms with Gasteiger partial charge in [0.1, 0.15) is 6.04 Å². The van der Waals surface area contributed by atoms with Crippen LogP contribution in [0.25, 0.3) is 10.2 Å². The molecule has 0 fully saturated rings. The summed E-state index contributed by atoms with van der Waals surface area (Å²) in [4.78, 5) is 23.7. The van der Waals surface area contributed by atoms with Crippen molar-refractivity contribution >= 4 is 32.6 Å². The third-order valence-electron chi connectivity index (χ3n) is 3.45. The minimum absolute atomic E-state index is 0.0782. The number of likely N-dealkylation sites (N-methyl/N-ethyl adjacent to an activating group) is 1. The molecule has 0 aliphatic rings. The molecule has 0 unspecified atom stereocenters. The smallest absolute Gasteiger partial charge is 0.242 e. The molecule has 22 heavy (non-hydrogen) atoms. The van der Waals surface area contributed by atoms with Gasteiger partial charge in [-0.3, -0.25) is 4.79 Å². The number of nitrogens with zero attached hydrogens (tertiary/aromatic N) is 2. The number of carbonyl (C=O) groups is 1. The molecule has 0 saturated heterocycles. The topological polar surface area (TPSA) is 82.7 Å². The Morgan fingerprint density at radius 2 is 2.32 bits per heavy atom. The zero-order valence-electron chi connectivity index (χ0n) is 12.4. The van der Waals surface area contributed by atoms with Gasteiger partial charge in [-0.05, 0) is 18.6 Å². The van der Waals surface area contributed by atoms with E-state index in [-0.39, 0.29) is 5.91 Å². The number of H-pyrrole nitrogens is 1. The highest BCUT2D eigenvalue weighted by Crippen LogP contribution is 2.29. The van der Waals surface area contributed by atoms with Gasteiger partial charge in [0, 0.05) is 25.4 Å². The third kappa shape index (κ3) is 2.94. The lowest BCUT2D eigenvalue weighted by atomic mass is 10.1. The summed E-state index contributed by atoms with van der Waals surface area (Å²) < 4.78 is 1.14. The van der Waals surface area contributed by atoms with Crippen molar-refractivity contribution in [2.75, 3.05) is 12.4 Å². The van der Waals surface area contributed by atoms with E-state index in [1.165, 1.54) is 5.56 Å². The van der Waals surface area contributed by atoms with E-state index in [0.717, 1.165) is 21.0 Å². The van der Waals surface area contributed by atoms with E-state index in [4.69, 9.17) is 0 Å². The molecule has 3 N–H and O–H groups in total. The zero-order valence-corrected chi connectivity index (χ0v) is 13.2. The van der Waals surface area contributed by atoms with Gasteiger partial charge in [0.25, 0.3) is 0 Å². The van der Waals surface area contributed by atoms with Gasteiger partial charge in [-0.1, -0.05) is 23.5 Å². The molecule has 2 aromatic heterocycles. The molecule has 7 heteroatoms. The number of imidazole rings is 1. The number of rotatable bonds is 5. The zero-order chi connectivity index (χ0) is 15.5. The quantitative estimate of drug-likeness (QED) is 0.673. The lowest BCUT2D eigenvalue weighted by molar-refractivity contribution is -0.121. The second-order valence-electron chi connectivity index (χ2n) is 5.03. The number of hydrogen-bond donors (Lipinski definition) is 3. The molecular weight excluding hydrogens is 298 g/mol. The van der Waals surface area contributed by atoms with Gasteiger partial charge >= 0.3 is 0 Å². The number of amides is 1. The predicted octanol–water partition coefficient (Wildman–Crippen LogP) is 2.10. The fraction of sp³-hybridized carbons (Fsp3) is 0.267. The van der Waals surface area contributed by atoms with Gasteiger partial charge < -0.3 is 15.6 Å². The maximum atomic E-state index is 12.1. The molecule has 0 spiro atoms. The second-order valence-corrected chi connectivity index (χ2v) is 6.03. The minimum atomic E-state index is -0.397. The van der Waals surface area contributed by atoms with Crippen molar-refractivity contribution in [1.82, 2.24) is 20.3 Å². The number of aromatic nitrogens is 3. The Morgan fingerprint density at radius 3 is 3.00 bits per heavy atom. The van der Waals surface area contributed by atoms with Crippen LogP contribution in [-0.4, -0.2) is 33.9 Å². The van der Waals surface area contributed by atoms with Gasteiger partial charge in [-0.15, -0.1) is 0 Å². The van der Waals surface area contributed by atoms with Crippen molar-refractivity contribution in [3.63, 3.8) is 0 Å². The van der Waals surface area contributed by atoms with E-state index in [1.54, 1.807) is 30.9 Å². The highest BCUT2D eigenvalue weighted by atomic mass is 32.1. The maximum Gasteiger partial charge on any atom is 0.242 e. The molecule has 2 heterocycles. The van der Waals surface area contributed by atoms with E-state index < -0.39 is 6.04 Å². The van der Waals surface area contributed by atoms with E-state index >= 15 is 0 Å². The van der Waals surface area contributed by atoms with Crippen LogP contribution in [0, 0.1) is 6.92 Å². The summed E-state index contributed by atoms with van der Waals surface area (Å²) >= 11 is 1.56. The average molecular weight is 315 g/mol. The molecule has 3 aromatic rings. The van der Waals surface area contributed by atoms with Crippen LogP contribution in [0.5, 0.6) is 0 Å². The number of benzene rings is 1. The van der Waals surface area contributed by atoms with Crippen LogP contribution in [0.4, 0.5) is 5.13 Å². The summed E-state index contributed by atoms with van der Waals surface area (Å²) in [5, 5.41) is 6.66. The maximum absolute atomic E-state index is 12.1. The fourth-order valence-electron chi connectivity index (χ4n) is 2.30. The Kier molecular flexibility index (Phi) is 4.06. The van der Waals surface area contributed by atoms with Crippen LogP contribution in [-0.2, 0) is 11.2 Å². The van der Waals surface area contributed by atoms with Gasteiger partial charge in [0.05, 0.1) is 16.5 Å². The normalized spacial score (nSPS) is 12.3. The Labute approximate surface area is 132 Å². The molecule has 0 radical (unpaired) electrons. The van der Waals surface area contributed by atoms with Crippen LogP contribution in [0.15, 0.2) is 30.7 Å². The number of thiazole rings is 1. The number of aromatic amines is 1. The van der Waals surface area contributed by atoms with Crippen molar-refractivity contribution in [3.05, 3.63) is 42.0 Å². The van der Waals surface area contributed by atoms with E-state index in [1.807, 2.05) is 12.1 Å². The van der Waals surface area contributed by atoms with Gasteiger partial charge in [-0.25, -0.2) is 9.97 Å². The summed E-state index contributed by atoms with van der Waals surface area (Å²) in [5.74, 6) is -0.0782. The van der Waals surface area contributed by atoms with Crippen molar-refractivity contribution in [2.45, 2.75) is 19.4 Å². The van der Waals surface area contributed by atoms with Crippen LogP contribution < -0.4 is 10.6 Å². The lowest BCUT2D eigenvalue weighted by Gasteiger charge is -2.15. The molecule has 3 rings (SSSR count). The average Bonchev–Trinajstić information content (AvgIpc) is 3.15. The molecule has 0 bridgehead atoms. The SMILES string of the molecule is CNC(=O)[C@H](Cc1cnc[nH]1)Nc1nc2cccc(C)c2s1. The molecular formula is C15H17N5OS. The first-order valence-corrected chi connectivity index (χ1v) is 7.80. The Hall–Kier alpha value is -2.41. The number of nitrogens with one attached hydrogen (secondary N) is 3. The number of anilines is 1. The molecule has 1 atom stereocenters. The van der Waals surface area contributed by atoms with Crippen LogP contribution in [0.2, 0.25) is 0 Å². The van der Waals surface area contributed by atoms with Gasteiger partial charge in [-0.2, -0.15) is 0 Å². The number of carbonyl (C=O) groups excluding carboxylic acids is 1. The van der Waals surface area contributed by atoms with Gasteiger partial charge in [0.2, 0.25) is 5.91 Å². The molecule has 1 aromatic carbocycles. The summed E-state index contributed by atoms with van der Waals surface area (Å²) in [6.45, 7) is 2.06. The Morgan fingerprint density at radius 1 is 1.45 bits per heavy atom. The molecule has 114 valence electrons. The van der Waals surface area contributed by atoms with Crippen molar-refractivity contribution in [3.8, 4) is 0 Å². The van der Waals surface area contributed by atoms with E-state index in [9.17, 15) is 4.79 Å². The number of aryl methyl sites for hydroxylation is 1. The summed E-state index contributed by atoms with van der Waals surface area (Å²) in [5.41, 5.74) is 3.04. The van der Waals surface area contributed by atoms with Crippen LogP contribution >= 0.6 is 11.3 Å². The molecule has 0 saturated carbocycles. The van der Waals surface area contributed by atoms with Crippen molar-refractivity contribution < 1.29 is 4.79 Å². The fourth-order valence-corrected chi connectivity index (χ4v) is 3.28. The van der Waals surface area contributed by atoms with Gasteiger partial charge in [0.15, 0.2) is 5.13 Å². The molecule has 1 amide bonds. The summed E-state index contributed by atoms with van der Waals surface area (Å²) in [6.07, 6.45) is 3.85. The second kappa shape index (κ2) is 6.15. The number of fused-ring (bicyclic) bond motifs is 1. The minimum Gasteiger partial charge on any atom is -0.357 e. The first kappa shape index (κ1) is 14.5. The largest absolute Gasteiger partial charge is 0.357 e. The van der Waals surface area contributed by atoms with Crippen LogP contribution in [0.3, 0.4) is 0 Å². The molecule has 0 aliphatic heterocycles. The highest BCUT2D eigenvalue weighted by molar-refractivity contribution is 7.22. The monoisotopic (exact) mass is 315 g/mol. The Bertz CT molecular complexity index is 780. The van der Waals surface area contributed by atoms with Crippen molar-refractivity contribution in [2.24, 2.45) is 0 Å². The highest BCUT2D eigenvalue weighted by Gasteiger charge is 2.20. The van der Waals surface area contributed by atoms with Crippen molar-refractivity contribution in [1.29, 1.82) is 0 Å². The number of hydrogen-bond acceptors (Lipinski definition) is 5. The lowest BCUT2D eigenvalue weighted by Crippen LogP contribution is -2.39. The first-order chi connectivity index (χ1) is 10.7. The third-order valence-corrected chi connectivity index (χ3v) is 4.59. The molecule has 6 nitrogen and oxygen atoms in total. The van der Waals surface area contributed by atoms with E-state index in [2.05, 4.69) is 38.6 Å². The standard InChI is InChI=1S/C15H17N5OS/c1-9-4-3-5-11-13(9)22-15(19-11)20-12(14(21)16-2)6-10-7-17-8-18-10/h3-5,7-8,12H,6H2,1-2H3,(H,16,21)(H,17,18)(H,19,20)/t12-/m0/s1. The Balaban J connectivity index is 1.85. The summed E-state index contributed by atoms with van der Waals surface area (Å²) in [7, 11) is 1.63. The van der Waals surface area contributed by atoms with Crippen LogP contribution in [0.1, 0.15) is 11.3 Å². The molecule has 0 aliphatic carbocycles.